The molecular weight excluding hydrogens is 551 g/mol. The van der Waals surface area contributed by atoms with Gasteiger partial charge in [0.05, 0.1) is 15.4 Å². The summed E-state index contributed by atoms with van der Waals surface area (Å²) >= 11 is 14.2. The highest BCUT2D eigenvalue weighted by Gasteiger charge is 2.43. The molecule has 0 aliphatic heterocycles. The van der Waals surface area contributed by atoms with Gasteiger partial charge in [-0.25, -0.2) is 14.6 Å². The van der Waals surface area contributed by atoms with Crippen LogP contribution in [0.4, 0.5) is 32.2 Å². The van der Waals surface area contributed by atoms with E-state index in [1.54, 1.807) is 0 Å². The van der Waals surface area contributed by atoms with Crippen LogP contribution < -0.4 is 5.73 Å². The van der Waals surface area contributed by atoms with Crippen LogP contribution in [0.15, 0.2) is 40.1 Å². The molecule has 0 unspecified atom stereocenters. The molecule has 0 atom stereocenters. The zero-order valence-corrected chi connectivity index (χ0v) is 20.7. The molecule has 0 saturated carbocycles. The number of anilines is 1. The Morgan fingerprint density at radius 1 is 0.972 bits per heavy atom. The van der Waals surface area contributed by atoms with E-state index in [9.17, 15) is 26.3 Å². The first-order valence-electron chi connectivity index (χ1n) is 10.2. The summed E-state index contributed by atoms with van der Waals surface area (Å²) in [5, 5.41) is 2.80. The Morgan fingerprint density at radius 3 is 2.17 bits per heavy atom. The summed E-state index contributed by atoms with van der Waals surface area (Å²) in [6, 6.07) is 8.96. The van der Waals surface area contributed by atoms with E-state index in [4.69, 9.17) is 28.9 Å². The van der Waals surface area contributed by atoms with Crippen LogP contribution in [0.2, 0.25) is 10.0 Å². The van der Waals surface area contributed by atoms with E-state index in [1.807, 2.05) is 32.0 Å². The summed E-state index contributed by atoms with van der Waals surface area (Å²) in [6.45, 7) is 3.98. The van der Waals surface area contributed by atoms with Crippen LogP contribution in [0.5, 0.6) is 0 Å². The van der Waals surface area contributed by atoms with Crippen LogP contribution in [0.3, 0.4) is 0 Å². The third kappa shape index (κ3) is 4.94. The lowest BCUT2D eigenvalue weighted by Crippen LogP contribution is -2.17. The van der Waals surface area contributed by atoms with Gasteiger partial charge in [0.1, 0.15) is 11.5 Å². The van der Waals surface area contributed by atoms with Gasteiger partial charge in [0.15, 0.2) is 11.3 Å². The number of alkyl halides is 6. The molecule has 2 N–H and O–H groups in total. The zero-order chi connectivity index (χ0) is 26.6. The van der Waals surface area contributed by atoms with Crippen LogP contribution in [-0.2, 0) is 18.8 Å². The topological polar surface area (TPSA) is 69.6 Å². The lowest BCUT2D eigenvalue weighted by Gasteiger charge is -2.13. The Kier molecular flexibility index (Phi) is 6.82. The molecule has 0 saturated heterocycles. The van der Waals surface area contributed by atoms with Crippen molar-refractivity contribution in [1.82, 2.24) is 19.7 Å². The van der Waals surface area contributed by atoms with Crippen molar-refractivity contribution < 1.29 is 26.3 Å². The van der Waals surface area contributed by atoms with Gasteiger partial charge in [-0.15, -0.1) is 5.10 Å². The molecule has 0 bridgehead atoms. The molecule has 0 fully saturated rings. The zero-order valence-electron chi connectivity index (χ0n) is 18.4. The average Bonchev–Trinajstić information content (AvgIpc) is 3.08. The SMILES string of the molecule is CCc1cc(C)ccc1Sc1cc(Cl)c(-n2nc3nc(C(F)(F)F)nc(C(F)(F)F)c3c2N)c(Cl)c1. The number of hydrogen-bond acceptors (Lipinski definition) is 5. The van der Waals surface area contributed by atoms with Crippen molar-refractivity contribution in [3.63, 3.8) is 0 Å². The fourth-order valence-corrected chi connectivity index (χ4v) is 5.38. The molecule has 0 radical (unpaired) electrons. The first-order chi connectivity index (χ1) is 16.7. The number of nitrogens with zero attached hydrogens (tertiary/aromatic N) is 4. The summed E-state index contributed by atoms with van der Waals surface area (Å²) < 4.78 is 80.9. The molecule has 4 aromatic rings. The van der Waals surface area contributed by atoms with Gasteiger partial charge in [-0.05, 0) is 37.1 Å². The molecule has 5 nitrogen and oxygen atoms in total. The standard InChI is InChI=1S/C22H15Cl2F6N5S/c1-3-10-6-9(2)4-5-14(10)36-11-7-12(23)16(13(24)8-11)35-18(31)15-17(21(25,26)27)32-20(22(28,29)30)33-19(15)34-35/h4-8H,3,31H2,1-2H3. The molecule has 14 heteroatoms. The molecular formula is C22H15Cl2F6N5S. The highest BCUT2D eigenvalue weighted by atomic mass is 35.5. The molecule has 4 rings (SSSR count). The number of rotatable bonds is 4. The highest BCUT2D eigenvalue weighted by Crippen LogP contribution is 2.42. The molecule has 36 heavy (non-hydrogen) atoms. The lowest BCUT2D eigenvalue weighted by molar-refractivity contribution is -0.151. The van der Waals surface area contributed by atoms with Gasteiger partial charge in [-0.2, -0.15) is 26.3 Å². The third-order valence-corrected chi connectivity index (χ3v) is 6.78. The molecule has 190 valence electrons. The first-order valence-corrected chi connectivity index (χ1v) is 11.7. The minimum absolute atomic E-state index is 0.0350. The van der Waals surface area contributed by atoms with Crippen molar-refractivity contribution in [2.45, 2.75) is 42.4 Å². The van der Waals surface area contributed by atoms with E-state index in [0.29, 0.717) is 4.90 Å². The summed E-state index contributed by atoms with van der Waals surface area (Å²) in [7, 11) is 0. The molecule has 0 aliphatic rings. The second-order valence-corrected chi connectivity index (χ2v) is 9.62. The van der Waals surface area contributed by atoms with Crippen molar-refractivity contribution in [2.75, 3.05) is 5.73 Å². The van der Waals surface area contributed by atoms with E-state index in [-0.39, 0.29) is 15.7 Å². The van der Waals surface area contributed by atoms with Crippen molar-refractivity contribution in [1.29, 1.82) is 0 Å². The van der Waals surface area contributed by atoms with Crippen molar-refractivity contribution >= 4 is 51.8 Å². The number of aromatic nitrogens is 4. The summed E-state index contributed by atoms with van der Waals surface area (Å²) in [5.74, 6) is -2.66. The maximum Gasteiger partial charge on any atom is 0.451 e. The fourth-order valence-electron chi connectivity index (χ4n) is 3.53. The van der Waals surface area contributed by atoms with Gasteiger partial charge < -0.3 is 5.73 Å². The van der Waals surface area contributed by atoms with Crippen molar-refractivity contribution in [3.05, 3.63) is 63.0 Å². The van der Waals surface area contributed by atoms with Crippen molar-refractivity contribution in [3.8, 4) is 5.69 Å². The largest absolute Gasteiger partial charge is 0.451 e. The van der Waals surface area contributed by atoms with Gasteiger partial charge in [-0.3, -0.25) is 0 Å². The number of aryl methyl sites for hydroxylation is 2. The minimum atomic E-state index is -5.26. The predicted molar refractivity (Wildman–Crippen MR) is 126 cm³/mol. The van der Waals surface area contributed by atoms with E-state index in [0.717, 1.165) is 27.1 Å². The van der Waals surface area contributed by atoms with Gasteiger partial charge in [0.2, 0.25) is 5.82 Å². The van der Waals surface area contributed by atoms with Crippen LogP contribution in [0, 0.1) is 6.92 Å². The Balaban J connectivity index is 1.86. The van der Waals surface area contributed by atoms with Crippen molar-refractivity contribution in [2.24, 2.45) is 0 Å². The fraction of sp³-hybridized carbons (Fsp3) is 0.227. The third-order valence-electron chi connectivity index (χ3n) is 5.12. The van der Waals surface area contributed by atoms with E-state index in [1.165, 1.54) is 23.9 Å². The predicted octanol–water partition coefficient (Wildman–Crippen LogP) is 7.76. The van der Waals surface area contributed by atoms with Crippen LogP contribution >= 0.6 is 35.0 Å². The molecule has 0 aliphatic carbocycles. The normalized spacial score (nSPS) is 12.5. The summed E-state index contributed by atoms with van der Waals surface area (Å²) in [5.41, 5.74) is 5.21. The minimum Gasteiger partial charge on any atom is -0.383 e. The van der Waals surface area contributed by atoms with Gasteiger partial charge in [-0.1, -0.05) is 59.6 Å². The first kappa shape index (κ1) is 26.4. The Hall–Kier alpha value is -2.70. The number of nitrogens with two attached hydrogens (primary N) is 1. The Labute approximate surface area is 214 Å². The Bertz CT molecular complexity index is 1460. The number of halogens is 8. The highest BCUT2D eigenvalue weighted by molar-refractivity contribution is 7.99. The quantitative estimate of drug-likeness (QED) is 0.256. The monoisotopic (exact) mass is 565 g/mol. The molecule has 0 amide bonds. The van der Waals surface area contributed by atoms with Gasteiger partial charge >= 0.3 is 12.4 Å². The molecule has 0 spiro atoms. The molecule has 2 heterocycles. The van der Waals surface area contributed by atoms with Crippen LogP contribution in [0.25, 0.3) is 16.7 Å². The van der Waals surface area contributed by atoms with Gasteiger partial charge in [0.25, 0.3) is 0 Å². The number of hydrogen-bond donors (Lipinski definition) is 1. The summed E-state index contributed by atoms with van der Waals surface area (Å²) in [4.78, 5) is 7.40. The van der Waals surface area contributed by atoms with E-state index in [2.05, 4.69) is 15.1 Å². The second-order valence-electron chi connectivity index (χ2n) is 7.69. The molecule has 2 aromatic heterocycles. The lowest BCUT2D eigenvalue weighted by atomic mass is 10.1. The maximum absolute atomic E-state index is 13.6. The van der Waals surface area contributed by atoms with Crippen LogP contribution in [-0.4, -0.2) is 19.7 Å². The molecule has 2 aromatic carbocycles. The van der Waals surface area contributed by atoms with E-state index < -0.39 is 40.7 Å². The Morgan fingerprint density at radius 2 is 1.61 bits per heavy atom. The number of nitrogen functional groups attached to an aromatic ring is 1. The smallest absolute Gasteiger partial charge is 0.383 e. The second kappa shape index (κ2) is 9.31. The van der Waals surface area contributed by atoms with Gasteiger partial charge in [0, 0.05) is 9.79 Å². The van der Waals surface area contributed by atoms with Crippen LogP contribution in [0.1, 0.15) is 29.6 Å². The maximum atomic E-state index is 13.6. The number of benzene rings is 2. The summed E-state index contributed by atoms with van der Waals surface area (Å²) in [6.07, 6.45) is -9.72. The number of fused-ring (bicyclic) bond motifs is 1. The average molecular weight is 566 g/mol. The van der Waals surface area contributed by atoms with E-state index >= 15 is 0 Å².